The molecule has 1 aromatic rings. The van der Waals surface area contributed by atoms with Crippen molar-refractivity contribution < 1.29 is 19.1 Å². The molecule has 1 N–H and O–H groups in total. The van der Waals surface area contributed by atoms with Crippen LogP contribution in [-0.4, -0.2) is 76.0 Å². The molecule has 0 aromatic carbocycles. The maximum atomic E-state index is 12.5. The largest absolute Gasteiger partial charge is 0.424 e. The number of hydrogen-bond donors (Lipinski definition) is 1. The van der Waals surface area contributed by atoms with Gasteiger partial charge in [0.1, 0.15) is 6.10 Å². The molecular weight excluding hydrogens is 312 g/mol. The zero-order chi connectivity index (χ0) is 17.3. The monoisotopic (exact) mass is 338 g/mol. The molecule has 2 unspecified atom stereocenters. The number of aliphatic hydroxyl groups excluding tert-OH is 1. The van der Waals surface area contributed by atoms with Crippen molar-refractivity contribution in [1.29, 1.82) is 0 Å². The van der Waals surface area contributed by atoms with E-state index in [1.54, 1.807) is 18.7 Å². The average molecular weight is 338 g/mol. The summed E-state index contributed by atoms with van der Waals surface area (Å²) in [5.74, 6) is 1.59. The standard InChI is InChI=1S/C16H26N4O4/c1-10(23-9-12-4-5-12)16(22)20-6-13(14(21)7-20)19(3)8-15-18-17-11(2)24-15/h10,12-14,21H,4-9H2,1-3H3/t10?,13?,14-/m1/s1. The Morgan fingerprint density at radius 2 is 2.21 bits per heavy atom. The summed E-state index contributed by atoms with van der Waals surface area (Å²) in [6.07, 6.45) is 1.34. The smallest absolute Gasteiger partial charge is 0.251 e. The van der Waals surface area contributed by atoms with Gasteiger partial charge in [0.2, 0.25) is 11.8 Å². The molecule has 1 aromatic heterocycles. The van der Waals surface area contributed by atoms with Gasteiger partial charge >= 0.3 is 0 Å². The van der Waals surface area contributed by atoms with Crippen LogP contribution in [-0.2, 0) is 16.1 Å². The van der Waals surface area contributed by atoms with Crippen LogP contribution >= 0.6 is 0 Å². The number of ether oxygens (including phenoxy) is 1. The molecule has 3 rings (SSSR count). The first-order valence-electron chi connectivity index (χ1n) is 8.51. The Balaban J connectivity index is 1.51. The first kappa shape index (κ1) is 17.3. The van der Waals surface area contributed by atoms with Gasteiger partial charge < -0.3 is 19.2 Å². The number of hydrogen-bond acceptors (Lipinski definition) is 7. The van der Waals surface area contributed by atoms with Gasteiger partial charge in [-0.3, -0.25) is 9.69 Å². The second kappa shape index (κ2) is 7.16. The van der Waals surface area contributed by atoms with Crippen LogP contribution in [0.3, 0.4) is 0 Å². The molecule has 3 atom stereocenters. The molecule has 8 nitrogen and oxygen atoms in total. The molecule has 2 heterocycles. The van der Waals surface area contributed by atoms with E-state index in [9.17, 15) is 9.90 Å². The van der Waals surface area contributed by atoms with E-state index in [0.29, 0.717) is 43.9 Å². The number of carbonyl (C=O) groups excluding carboxylic acids is 1. The quantitative estimate of drug-likeness (QED) is 0.759. The zero-order valence-corrected chi connectivity index (χ0v) is 14.5. The summed E-state index contributed by atoms with van der Waals surface area (Å²) in [6, 6.07) is -0.156. The summed E-state index contributed by atoms with van der Waals surface area (Å²) in [5.41, 5.74) is 0. The second-order valence-corrected chi connectivity index (χ2v) is 6.93. The van der Waals surface area contributed by atoms with E-state index in [0.717, 1.165) is 0 Å². The second-order valence-electron chi connectivity index (χ2n) is 6.93. The topological polar surface area (TPSA) is 91.9 Å². The Morgan fingerprint density at radius 3 is 2.83 bits per heavy atom. The van der Waals surface area contributed by atoms with Crippen molar-refractivity contribution in [2.24, 2.45) is 5.92 Å². The Labute approximate surface area is 141 Å². The van der Waals surface area contributed by atoms with Gasteiger partial charge in [0.05, 0.1) is 25.3 Å². The molecule has 1 aliphatic heterocycles. The van der Waals surface area contributed by atoms with Crippen LogP contribution in [0, 0.1) is 12.8 Å². The van der Waals surface area contributed by atoms with Gasteiger partial charge in [0, 0.05) is 20.0 Å². The maximum Gasteiger partial charge on any atom is 0.251 e. The number of carbonyl (C=O) groups is 1. The molecule has 134 valence electrons. The Morgan fingerprint density at radius 1 is 1.46 bits per heavy atom. The number of likely N-dealkylation sites (N-methyl/N-ethyl adjacent to an activating group) is 1. The van der Waals surface area contributed by atoms with Crippen LogP contribution in [0.15, 0.2) is 4.42 Å². The first-order chi connectivity index (χ1) is 11.4. The third-order valence-electron chi connectivity index (χ3n) is 4.72. The highest BCUT2D eigenvalue weighted by Crippen LogP contribution is 2.29. The molecule has 1 aliphatic carbocycles. The van der Waals surface area contributed by atoms with Crippen molar-refractivity contribution in [3.63, 3.8) is 0 Å². The number of nitrogens with zero attached hydrogens (tertiary/aromatic N) is 4. The lowest BCUT2D eigenvalue weighted by atomic mass is 10.2. The van der Waals surface area contributed by atoms with Crippen LogP contribution in [0.25, 0.3) is 0 Å². The molecule has 24 heavy (non-hydrogen) atoms. The molecule has 1 saturated carbocycles. The van der Waals surface area contributed by atoms with Crippen LogP contribution in [0.2, 0.25) is 0 Å². The number of aryl methyl sites for hydroxylation is 1. The fourth-order valence-corrected chi connectivity index (χ4v) is 3.01. The fourth-order valence-electron chi connectivity index (χ4n) is 3.01. The predicted octanol–water partition coefficient (Wildman–Crippen LogP) is 0.197. The van der Waals surface area contributed by atoms with Gasteiger partial charge in [-0.25, -0.2) is 0 Å². The fraction of sp³-hybridized carbons (Fsp3) is 0.812. The maximum absolute atomic E-state index is 12.5. The van der Waals surface area contributed by atoms with Crippen molar-refractivity contribution >= 4 is 5.91 Å². The summed E-state index contributed by atoms with van der Waals surface area (Å²) in [5, 5.41) is 18.1. The van der Waals surface area contributed by atoms with Crippen molar-refractivity contribution in [2.45, 2.75) is 51.5 Å². The van der Waals surface area contributed by atoms with Gasteiger partial charge in [-0.05, 0) is 32.7 Å². The van der Waals surface area contributed by atoms with Crippen LogP contribution < -0.4 is 0 Å². The van der Waals surface area contributed by atoms with Crippen LogP contribution in [0.1, 0.15) is 31.5 Å². The van der Waals surface area contributed by atoms with Gasteiger partial charge in [-0.2, -0.15) is 0 Å². The lowest BCUT2D eigenvalue weighted by Gasteiger charge is -2.25. The summed E-state index contributed by atoms with van der Waals surface area (Å²) in [6.45, 7) is 5.43. The Bertz CT molecular complexity index is 574. The first-order valence-corrected chi connectivity index (χ1v) is 8.51. The third kappa shape index (κ3) is 4.12. The SMILES string of the molecule is Cc1nnc(CN(C)C2CN(C(=O)C(C)OCC3CC3)C[C@H]2O)o1. The molecule has 8 heteroatoms. The lowest BCUT2D eigenvalue weighted by Crippen LogP contribution is -2.41. The number of likely N-dealkylation sites (tertiary alicyclic amines) is 1. The van der Waals surface area contributed by atoms with E-state index in [1.165, 1.54) is 12.8 Å². The molecule has 0 spiro atoms. The highest BCUT2D eigenvalue weighted by atomic mass is 16.5. The predicted molar refractivity (Wildman–Crippen MR) is 85.0 cm³/mol. The van der Waals surface area contributed by atoms with Gasteiger partial charge in [-0.15, -0.1) is 10.2 Å². The molecular formula is C16H26N4O4. The van der Waals surface area contributed by atoms with Gasteiger partial charge in [0.15, 0.2) is 0 Å². The summed E-state index contributed by atoms with van der Waals surface area (Å²) in [7, 11) is 1.88. The van der Waals surface area contributed by atoms with E-state index >= 15 is 0 Å². The third-order valence-corrected chi connectivity index (χ3v) is 4.72. The van der Waals surface area contributed by atoms with Gasteiger partial charge in [-0.1, -0.05) is 0 Å². The van der Waals surface area contributed by atoms with Gasteiger partial charge in [0.25, 0.3) is 5.91 Å². The van der Waals surface area contributed by atoms with Crippen molar-refractivity contribution in [1.82, 2.24) is 20.0 Å². The Hall–Kier alpha value is -1.51. The zero-order valence-electron chi connectivity index (χ0n) is 14.5. The molecule has 1 saturated heterocycles. The lowest BCUT2D eigenvalue weighted by molar-refractivity contribution is -0.142. The molecule has 0 radical (unpaired) electrons. The van der Waals surface area contributed by atoms with Crippen molar-refractivity contribution in [2.75, 3.05) is 26.7 Å². The highest BCUT2D eigenvalue weighted by Gasteiger charge is 2.38. The number of amides is 1. The number of aliphatic hydroxyl groups is 1. The van der Waals surface area contributed by atoms with Crippen molar-refractivity contribution in [3.8, 4) is 0 Å². The van der Waals surface area contributed by atoms with Crippen LogP contribution in [0.4, 0.5) is 0 Å². The highest BCUT2D eigenvalue weighted by molar-refractivity contribution is 5.81. The van der Waals surface area contributed by atoms with E-state index in [2.05, 4.69) is 10.2 Å². The average Bonchev–Trinajstić information content (AvgIpc) is 3.17. The minimum Gasteiger partial charge on any atom is -0.424 e. The van der Waals surface area contributed by atoms with E-state index in [4.69, 9.17) is 9.15 Å². The van der Waals surface area contributed by atoms with E-state index in [1.807, 2.05) is 11.9 Å². The van der Waals surface area contributed by atoms with Crippen LogP contribution in [0.5, 0.6) is 0 Å². The normalized spacial score (nSPS) is 25.5. The summed E-state index contributed by atoms with van der Waals surface area (Å²) in [4.78, 5) is 16.1. The molecule has 1 amide bonds. The summed E-state index contributed by atoms with van der Waals surface area (Å²) < 4.78 is 11.0. The molecule has 2 aliphatic rings. The number of aromatic nitrogens is 2. The van der Waals surface area contributed by atoms with Crippen molar-refractivity contribution in [3.05, 3.63) is 11.8 Å². The minimum absolute atomic E-state index is 0.0563. The number of rotatable bonds is 7. The summed E-state index contributed by atoms with van der Waals surface area (Å²) >= 11 is 0. The van der Waals surface area contributed by atoms with E-state index < -0.39 is 12.2 Å². The Kier molecular flexibility index (Phi) is 5.17. The number of β-amino-alcohol motifs (C(OH)–C–C–N with tert-alkyl or cyclic N) is 1. The van der Waals surface area contributed by atoms with E-state index in [-0.39, 0.29) is 11.9 Å². The minimum atomic E-state index is -0.599. The molecule has 2 fully saturated rings. The molecule has 0 bridgehead atoms.